The molecule has 0 aliphatic heterocycles. The van der Waals surface area contributed by atoms with Crippen molar-refractivity contribution in [2.75, 3.05) is 31.9 Å². The monoisotopic (exact) mass is 347 g/mol. The molecule has 0 aromatic carbocycles. The van der Waals surface area contributed by atoms with Crippen LogP contribution in [-0.4, -0.2) is 66.9 Å². The summed E-state index contributed by atoms with van der Waals surface area (Å²) in [7, 11) is -3.99. The number of rotatable bonds is 9. The molecule has 23 heavy (non-hydrogen) atoms. The Kier molecular flexibility index (Phi) is 5.99. The molecular formula is C11H18N5O6P. The lowest BCUT2D eigenvalue weighted by Crippen LogP contribution is -2.19. The fraction of sp³-hybridized carbons (Fsp3) is 0.545. The van der Waals surface area contributed by atoms with E-state index in [-0.39, 0.29) is 12.4 Å². The number of fused-ring (bicyclic) bond motifs is 1. The van der Waals surface area contributed by atoms with Crippen LogP contribution in [0.5, 0.6) is 0 Å². The van der Waals surface area contributed by atoms with Crippen molar-refractivity contribution in [1.82, 2.24) is 19.5 Å². The highest BCUT2D eigenvalue weighted by Crippen LogP contribution is 2.41. The Morgan fingerprint density at radius 1 is 1.39 bits per heavy atom. The van der Waals surface area contributed by atoms with Gasteiger partial charge in [-0.2, -0.15) is 0 Å². The Hall–Kier alpha value is -1.62. The van der Waals surface area contributed by atoms with Crippen molar-refractivity contribution in [3.8, 4) is 0 Å². The van der Waals surface area contributed by atoms with Crippen LogP contribution < -0.4 is 5.73 Å². The van der Waals surface area contributed by atoms with Gasteiger partial charge in [0, 0.05) is 6.54 Å². The van der Waals surface area contributed by atoms with Gasteiger partial charge in [0.1, 0.15) is 24.3 Å². The first-order chi connectivity index (χ1) is 10.9. The fourth-order valence-corrected chi connectivity index (χ4v) is 2.54. The van der Waals surface area contributed by atoms with E-state index in [0.717, 1.165) is 0 Å². The Morgan fingerprint density at radius 2 is 2.17 bits per heavy atom. The van der Waals surface area contributed by atoms with E-state index < -0.39 is 33.3 Å². The molecule has 12 heteroatoms. The third-order valence-electron chi connectivity index (χ3n) is 2.84. The van der Waals surface area contributed by atoms with Crippen molar-refractivity contribution in [1.29, 1.82) is 0 Å². The minimum atomic E-state index is -3.99. The number of nitrogens with two attached hydrogens (primary N) is 1. The molecule has 0 bridgehead atoms. The van der Waals surface area contributed by atoms with Gasteiger partial charge in [-0.1, -0.05) is 0 Å². The van der Waals surface area contributed by atoms with Crippen molar-refractivity contribution in [3.05, 3.63) is 12.7 Å². The van der Waals surface area contributed by atoms with Gasteiger partial charge in [0.25, 0.3) is 0 Å². The summed E-state index contributed by atoms with van der Waals surface area (Å²) >= 11 is 0. The number of nitrogens with zero attached hydrogens (tertiary/aromatic N) is 4. The minimum absolute atomic E-state index is 0.117. The van der Waals surface area contributed by atoms with Gasteiger partial charge < -0.3 is 34.7 Å². The largest absolute Gasteiger partial charge is 0.394 e. The highest BCUT2D eigenvalue weighted by Gasteiger charge is 2.21. The summed E-state index contributed by atoms with van der Waals surface area (Å²) in [6.45, 7) is -0.548. The van der Waals surface area contributed by atoms with Crippen LogP contribution in [0.2, 0.25) is 0 Å². The zero-order valence-corrected chi connectivity index (χ0v) is 13.0. The predicted octanol–water partition coefficient (Wildman–Crippen LogP) is -1.06. The maximum absolute atomic E-state index is 11.6. The molecule has 2 heterocycles. The molecule has 2 aromatic heterocycles. The summed E-state index contributed by atoms with van der Waals surface area (Å²) < 4.78 is 23.0. The van der Waals surface area contributed by atoms with E-state index >= 15 is 0 Å². The average Bonchev–Trinajstić information content (AvgIpc) is 2.94. The van der Waals surface area contributed by atoms with Crippen molar-refractivity contribution >= 4 is 24.6 Å². The van der Waals surface area contributed by atoms with E-state index in [2.05, 4.69) is 19.5 Å². The zero-order valence-electron chi connectivity index (χ0n) is 12.1. The van der Waals surface area contributed by atoms with E-state index in [0.29, 0.717) is 17.7 Å². The molecule has 0 aliphatic rings. The Balaban J connectivity index is 1.80. The summed E-state index contributed by atoms with van der Waals surface area (Å²) in [5.41, 5.74) is 6.68. The second-order valence-corrected chi connectivity index (χ2v) is 6.47. The molecule has 2 rings (SSSR count). The maximum atomic E-state index is 11.6. The summed E-state index contributed by atoms with van der Waals surface area (Å²) in [6.07, 6.45) is 1.09. The van der Waals surface area contributed by atoms with Gasteiger partial charge >= 0.3 is 7.60 Å². The number of aliphatic hydroxyl groups is 2. The number of imidazole rings is 1. The first-order valence-electron chi connectivity index (χ1n) is 6.67. The van der Waals surface area contributed by atoms with Crippen molar-refractivity contribution in [2.24, 2.45) is 0 Å². The zero-order chi connectivity index (χ0) is 16.9. The number of aromatic nitrogens is 4. The highest BCUT2D eigenvalue weighted by atomic mass is 31.2. The van der Waals surface area contributed by atoms with Crippen molar-refractivity contribution < 1.29 is 28.9 Å². The molecule has 0 fully saturated rings. The Bertz CT molecular complexity index is 695. The first kappa shape index (κ1) is 17.7. The van der Waals surface area contributed by atoms with Gasteiger partial charge in [0.2, 0.25) is 0 Å². The molecule has 128 valence electrons. The van der Waals surface area contributed by atoms with Crippen molar-refractivity contribution in [3.63, 3.8) is 0 Å². The van der Waals surface area contributed by atoms with Gasteiger partial charge in [-0.3, -0.25) is 4.57 Å². The van der Waals surface area contributed by atoms with Crippen LogP contribution in [0, 0.1) is 0 Å². The average molecular weight is 347 g/mol. The van der Waals surface area contributed by atoms with Crippen LogP contribution in [0.1, 0.15) is 0 Å². The lowest BCUT2D eigenvalue weighted by molar-refractivity contribution is 0.0449. The molecule has 0 amide bonds. The summed E-state index contributed by atoms with van der Waals surface area (Å²) in [4.78, 5) is 21.5. The fourth-order valence-electron chi connectivity index (χ4n) is 1.70. The molecule has 2 unspecified atom stereocenters. The number of hydrogen-bond donors (Lipinski definition) is 4. The number of hydrogen-bond acceptors (Lipinski definition) is 9. The molecule has 0 saturated heterocycles. The first-order valence-corrected chi connectivity index (χ1v) is 8.43. The highest BCUT2D eigenvalue weighted by molar-refractivity contribution is 7.52. The number of ether oxygens (including phenoxy) is 1. The molecule has 0 spiro atoms. The molecular weight excluding hydrogens is 329 g/mol. The molecule has 0 saturated carbocycles. The second-order valence-electron chi connectivity index (χ2n) is 4.68. The summed E-state index contributed by atoms with van der Waals surface area (Å²) in [6, 6.07) is 0. The van der Waals surface area contributed by atoms with Crippen LogP contribution in [-0.2, 0) is 20.4 Å². The molecule has 0 aliphatic carbocycles. The van der Waals surface area contributed by atoms with Gasteiger partial charge in [0.05, 0.1) is 26.1 Å². The molecule has 11 nitrogen and oxygen atoms in total. The van der Waals surface area contributed by atoms with Crippen LogP contribution in [0.25, 0.3) is 11.2 Å². The van der Waals surface area contributed by atoms with Crippen LogP contribution >= 0.6 is 7.60 Å². The molecule has 5 N–H and O–H groups in total. The van der Waals surface area contributed by atoms with E-state index in [4.69, 9.17) is 20.7 Å². The Labute approximate surface area is 131 Å². The molecule has 0 radical (unpaired) electrons. The lowest BCUT2D eigenvalue weighted by Gasteiger charge is -2.14. The number of nitrogen functional groups attached to an aromatic ring is 1. The van der Waals surface area contributed by atoms with Crippen LogP contribution in [0.4, 0.5) is 5.82 Å². The topological polar surface area (TPSA) is 166 Å². The quantitative estimate of drug-likeness (QED) is 0.324. The van der Waals surface area contributed by atoms with E-state index in [1.54, 1.807) is 4.57 Å². The van der Waals surface area contributed by atoms with Crippen molar-refractivity contribution in [2.45, 2.75) is 12.6 Å². The third kappa shape index (κ3) is 4.93. The summed E-state index contributed by atoms with van der Waals surface area (Å²) in [5.74, 6) is 0.269. The van der Waals surface area contributed by atoms with Crippen LogP contribution in [0.15, 0.2) is 12.7 Å². The SMILES string of the molecule is Nc1ncnc2c1ncn2CCOCP(=O)(O)OCC(O)CO. The number of aliphatic hydroxyl groups excluding tert-OH is 2. The minimum Gasteiger partial charge on any atom is -0.394 e. The van der Waals surface area contributed by atoms with Gasteiger partial charge in [-0.25, -0.2) is 15.0 Å². The Morgan fingerprint density at radius 3 is 2.91 bits per heavy atom. The van der Waals surface area contributed by atoms with Gasteiger partial charge in [-0.05, 0) is 0 Å². The summed E-state index contributed by atoms with van der Waals surface area (Å²) in [5, 5.41) is 17.7. The van der Waals surface area contributed by atoms with Gasteiger partial charge in [-0.15, -0.1) is 0 Å². The predicted molar refractivity (Wildman–Crippen MR) is 79.4 cm³/mol. The standard InChI is InChI=1S/C11H18N5O6P/c12-10-9-11(14-5-13-10)16(6-15-9)1-2-21-7-23(19,20)22-4-8(18)3-17/h5-6,8,17-18H,1-4,7H2,(H,19,20)(H2,12,13,14). The van der Waals surface area contributed by atoms with E-state index in [9.17, 15) is 9.46 Å². The van der Waals surface area contributed by atoms with E-state index in [1.165, 1.54) is 12.7 Å². The second kappa shape index (κ2) is 7.77. The third-order valence-corrected chi connectivity index (χ3v) is 3.90. The maximum Gasteiger partial charge on any atom is 0.353 e. The molecule has 2 aromatic rings. The number of anilines is 1. The lowest BCUT2D eigenvalue weighted by atomic mass is 10.4. The molecule has 2 atom stereocenters. The van der Waals surface area contributed by atoms with Gasteiger partial charge in [0.15, 0.2) is 11.5 Å². The van der Waals surface area contributed by atoms with Crippen LogP contribution in [0.3, 0.4) is 0 Å². The van der Waals surface area contributed by atoms with E-state index in [1.807, 2.05) is 0 Å². The normalized spacial score (nSPS) is 15.6. The smallest absolute Gasteiger partial charge is 0.353 e.